The van der Waals surface area contributed by atoms with E-state index in [4.69, 9.17) is 9.72 Å². The number of hydrogen-bond donors (Lipinski definition) is 0. The van der Waals surface area contributed by atoms with Gasteiger partial charge in [0.15, 0.2) is 12.4 Å². The minimum atomic E-state index is -0.567. The molecule has 0 aliphatic carbocycles. The van der Waals surface area contributed by atoms with Crippen molar-refractivity contribution < 1.29 is 14.3 Å². The van der Waals surface area contributed by atoms with Crippen molar-refractivity contribution >= 4 is 54.5 Å². The standard InChI is InChI=1S/C24H15Br2NO3/c25-17-8-6-15(7-9-17)22-13-20(19-12-18(26)10-11-21(19)27-22)24(29)30-14-23(28)16-4-2-1-3-5-16/h1-13H,14H2. The molecule has 0 atom stereocenters. The van der Waals surface area contributed by atoms with Crippen molar-refractivity contribution in [2.24, 2.45) is 0 Å². The van der Waals surface area contributed by atoms with Gasteiger partial charge in [-0.1, -0.05) is 74.3 Å². The Balaban J connectivity index is 1.69. The molecule has 6 heteroatoms. The number of nitrogens with zero attached hydrogens (tertiary/aromatic N) is 1. The van der Waals surface area contributed by atoms with Crippen molar-refractivity contribution in [3.63, 3.8) is 0 Å². The van der Waals surface area contributed by atoms with Gasteiger partial charge in [-0.3, -0.25) is 4.79 Å². The van der Waals surface area contributed by atoms with Crippen LogP contribution < -0.4 is 0 Å². The number of hydrogen-bond acceptors (Lipinski definition) is 4. The van der Waals surface area contributed by atoms with Crippen LogP contribution >= 0.6 is 31.9 Å². The molecule has 1 aromatic heterocycles. The topological polar surface area (TPSA) is 56.3 Å². The summed E-state index contributed by atoms with van der Waals surface area (Å²) >= 11 is 6.87. The highest BCUT2D eigenvalue weighted by Gasteiger charge is 2.17. The van der Waals surface area contributed by atoms with E-state index in [2.05, 4.69) is 31.9 Å². The van der Waals surface area contributed by atoms with E-state index >= 15 is 0 Å². The normalized spacial score (nSPS) is 10.7. The average molecular weight is 525 g/mol. The molecule has 4 rings (SSSR count). The number of halogens is 2. The van der Waals surface area contributed by atoms with E-state index in [1.165, 1.54) is 0 Å². The molecule has 0 bridgehead atoms. The van der Waals surface area contributed by atoms with Gasteiger partial charge in [0, 0.05) is 25.5 Å². The van der Waals surface area contributed by atoms with Gasteiger partial charge in [0.05, 0.1) is 16.8 Å². The number of pyridine rings is 1. The van der Waals surface area contributed by atoms with Gasteiger partial charge in [-0.2, -0.15) is 0 Å². The van der Waals surface area contributed by atoms with Gasteiger partial charge >= 0.3 is 5.97 Å². The van der Waals surface area contributed by atoms with Gasteiger partial charge < -0.3 is 4.74 Å². The molecule has 0 unspecified atom stereocenters. The third-order valence-electron chi connectivity index (χ3n) is 4.56. The fourth-order valence-corrected chi connectivity index (χ4v) is 3.68. The van der Waals surface area contributed by atoms with Crippen molar-refractivity contribution in [2.45, 2.75) is 0 Å². The van der Waals surface area contributed by atoms with Crippen molar-refractivity contribution in [3.8, 4) is 11.3 Å². The fraction of sp³-hybridized carbons (Fsp3) is 0.0417. The third-order valence-corrected chi connectivity index (χ3v) is 5.58. The molecule has 148 valence electrons. The molecule has 30 heavy (non-hydrogen) atoms. The van der Waals surface area contributed by atoms with Crippen LogP contribution in [0.15, 0.2) is 87.8 Å². The maximum atomic E-state index is 12.9. The highest BCUT2D eigenvalue weighted by molar-refractivity contribution is 9.10. The second-order valence-electron chi connectivity index (χ2n) is 6.59. The Bertz CT molecular complexity index is 1240. The molecule has 0 spiro atoms. The van der Waals surface area contributed by atoms with Crippen LogP contribution in [0.4, 0.5) is 0 Å². The highest BCUT2D eigenvalue weighted by Crippen LogP contribution is 2.28. The predicted molar refractivity (Wildman–Crippen MR) is 124 cm³/mol. The van der Waals surface area contributed by atoms with E-state index in [0.29, 0.717) is 27.7 Å². The molecule has 0 saturated carbocycles. The zero-order valence-corrected chi connectivity index (χ0v) is 18.8. The van der Waals surface area contributed by atoms with E-state index in [-0.39, 0.29) is 12.4 Å². The number of esters is 1. The molecule has 0 radical (unpaired) electrons. The third kappa shape index (κ3) is 4.50. The number of aromatic nitrogens is 1. The summed E-state index contributed by atoms with van der Waals surface area (Å²) in [6.07, 6.45) is 0. The number of Topliss-reactive ketones (excluding diaryl/α,β-unsaturated/α-hetero) is 1. The molecule has 0 saturated heterocycles. The maximum absolute atomic E-state index is 12.9. The summed E-state index contributed by atoms with van der Waals surface area (Å²) in [5, 5.41) is 0.655. The molecule has 0 aliphatic rings. The Labute approximate surface area is 190 Å². The second-order valence-corrected chi connectivity index (χ2v) is 8.42. The quantitative estimate of drug-likeness (QED) is 0.222. The molecular weight excluding hydrogens is 510 g/mol. The largest absolute Gasteiger partial charge is 0.454 e. The van der Waals surface area contributed by atoms with Crippen LogP contribution in [0.3, 0.4) is 0 Å². The summed E-state index contributed by atoms with van der Waals surface area (Å²) in [6, 6.07) is 23.7. The summed E-state index contributed by atoms with van der Waals surface area (Å²) in [7, 11) is 0. The van der Waals surface area contributed by atoms with E-state index in [0.717, 1.165) is 14.5 Å². The van der Waals surface area contributed by atoms with Gasteiger partial charge in [-0.05, 0) is 36.4 Å². The number of fused-ring (bicyclic) bond motifs is 1. The molecule has 0 amide bonds. The molecule has 4 nitrogen and oxygen atoms in total. The molecule has 0 aliphatic heterocycles. The monoisotopic (exact) mass is 523 g/mol. The lowest BCUT2D eigenvalue weighted by Crippen LogP contribution is -2.15. The molecule has 0 fully saturated rings. The zero-order chi connectivity index (χ0) is 21.1. The first-order chi connectivity index (χ1) is 14.5. The summed E-state index contributed by atoms with van der Waals surface area (Å²) in [4.78, 5) is 29.9. The maximum Gasteiger partial charge on any atom is 0.339 e. The second kappa shape index (κ2) is 8.90. The lowest BCUT2D eigenvalue weighted by molar-refractivity contribution is 0.0476. The van der Waals surface area contributed by atoms with Crippen LogP contribution in [0.2, 0.25) is 0 Å². The van der Waals surface area contributed by atoms with Crippen molar-refractivity contribution in [1.82, 2.24) is 4.98 Å². The van der Waals surface area contributed by atoms with Gasteiger partial charge in [-0.25, -0.2) is 9.78 Å². The van der Waals surface area contributed by atoms with Crippen molar-refractivity contribution in [2.75, 3.05) is 6.61 Å². The highest BCUT2D eigenvalue weighted by atomic mass is 79.9. The lowest BCUT2D eigenvalue weighted by atomic mass is 10.0. The minimum absolute atomic E-state index is 0.253. The summed E-state index contributed by atoms with van der Waals surface area (Å²) in [6.45, 7) is -0.325. The molecule has 3 aromatic carbocycles. The number of carbonyl (C=O) groups excluding carboxylic acids is 2. The number of benzene rings is 3. The van der Waals surface area contributed by atoms with Crippen LogP contribution in [0.25, 0.3) is 22.2 Å². The van der Waals surface area contributed by atoms with Crippen molar-refractivity contribution in [1.29, 1.82) is 0 Å². The molecule has 1 heterocycles. The average Bonchev–Trinajstić information content (AvgIpc) is 2.77. The van der Waals surface area contributed by atoms with Crippen LogP contribution in [-0.2, 0) is 4.74 Å². The Morgan fingerprint density at radius 2 is 1.53 bits per heavy atom. The number of ketones is 1. The SMILES string of the molecule is O=C(COC(=O)c1cc(-c2ccc(Br)cc2)nc2ccc(Br)cc12)c1ccccc1. The van der Waals surface area contributed by atoms with Gasteiger partial charge in [0.1, 0.15) is 0 Å². The fourth-order valence-electron chi connectivity index (χ4n) is 3.05. The summed E-state index contributed by atoms with van der Waals surface area (Å²) in [5.41, 5.74) is 3.05. The van der Waals surface area contributed by atoms with E-state index in [1.807, 2.05) is 48.5 Å². The number of rotatable bonds is 5. The van der Waals surface area contributed by atoms with Crippen LogP contribution in [-0.4, -0.2) is 23.3 Å². The summed E-state index contributed by atoms with van der Waals surface area (Å²) < 4.78 is 7.14. The first-order valence-electron chi connectivity index (χ1n) is 9.13. The smallest absolute Gasteiger partial charge is 0.339 e. The molecule has 0 N–H and O–H groups in total. The van der Waals surface area contributed by atoms with E-state index in [9.17, 15) is 9.59 Å². The Kier molecular flexibility index (Phi) is 6.06. The van der Waals surface area contributed by atoms with Gasteiger partial charge in [0.2, 0.25) is 0 Å². The van der Waals surface area contributed by atoms with Gasteiger partial charge in [0.25, 0.3) is 0 Å². The first-order valence-corrected chi connectivity index (χ1v) is 10.7. The Morgan fingerprint density at radius 3 is 2.27 bits per heavy atom. The molecule has 4 aromatic rings. The predicted octanol–water partition coefficient (Wildman–Crippen LogP) is 6.47. The minimum Gasteiger partial charge on any atom is -0.454 e. The number of carbonyl (C=O) groups is 2. The lowest BCUT2D eigenvalue weighted by Gasteiger charge is -2.11. The van der Waals surface area contributed by atoms with Gasteiger partial charge in [-0.15, -0.1) is 0 Å². The van der Waals surface area contributed by atoms with Crippen LogP contribution in [0, 0.1) is 0 Å². The zero-order valence-electron chi connectivity index (χ0n) is 15.6. The molecular formula is C24H15Br2NO3. The van der Waals surface area contributed by atoms with E-state index in [1.54, 1.807) is 30.3 Å². The number of ether oxygens (including phenoxy) is 1. The van der Waals surface area contributed by atoms with Crippen LogP contribution in [0.1, 0.15) is 20.7 Å². The Morgan fingerprint density at radius 1 is 0.833 bits per heavy atom. The van der Waals surface area contributed by atoms with Crippen LogP contribution in [0.5, 0.6) is 0 Å². The van der Waals surface area contributed by atoms with E-state index < -0.39 is 5.97 Å². The van der Waals surface area contributed by atoms with Crippen molar-refractivity contribution in [3.05, 3.63) is 98.9 Å². The summed E-state index contributed by atoms with van der Waals surface area (Å²) in [5.74, 6) is -0.820. The Hall–Kier alpha value is -2.83. The first kappa shape index (κ1) is 20.4.